The number of hydrogen-bond donors (Lipinski definition) is 3. The van der Waals surface area contributed by atoms with Gasteiger partial charge in [0.2, 0.25) is 0 Å². The topological polar surface area (TPSA) is 221 Å². The number of ether oxygens (including phenoxy) is 5. The SMILES string of the molecule is CCOC(=O)[C@H](C)NP(=O)(N[C@@H](C)C(=O)OCC)OC[C@@]1(C)O[C@@H](c2ccc3c(N)ncnn23)[C@H](OC(C)=O)[C@@H]1OC(C)=O. The van der Waals surface area contributed by atoms with E-state index in [1.807, 2.05) is 0 Å². The minimum absolute atomic E-state index is 0.0720. The van der Waals surface area contributed by atoms with Crippen LogP contribution in [0.4, 0.5) is 5.82 Å². The third kappa shape index (κ3) is 8.09. The molecule has 1 aliphatic heterocycles. The monoisotopic (exact) mass is 642 g/mol. The number of rotatable bonds is 14. The molecule has 0 bridgehead atoms. The highest BCUT2D eigenvalue weighted by Gasteiger charge is 2.58. The molecule has 44 heavy (non-hydrogen) atoms. The van der Waals surface area contributed by atoms with Crippen molar-refractivity contribution in [1.82, 2.24) is 24.8 Å². The average molecular weight is 643 g/mol. The Morgan fingerprint density at radius 1 is 1.05 bits per heavy atom. The summed E-state index contributed by atoms with van der Waals surface area (Å²) >= 11 is 0. The number of hydrogen-bond acceptors (Lipinski definition) is 14. The molecule has 1 saturated heterocycles. The molecule has 0 spiro atoms. The molecular weight excluding hydrogens is 603 g/mol. The number of carbonyl (C=O) groups is 4. The summed E-state index contributed by atoms with van der Waals surface area (Å²) in [6.45, 7) is 9.46. The Hall–Kier alpha value is -3.63. The molecule has 1 fully saturated rings. The van der Waals surface area contributed by atoms with Gasteiger partial charge in [-0.2, -0.15) is 5.10 Å². The molecule has 4 N–H and O–H groups in total. The van der Waals surface area contributed by atoms with Crippen molar-refractivity contribution >= 4 is 42.9 Å². The summed E-state index contributed by atoms with van der Waals surface area (Å²) in [6, 6.07) is 1.00. The molecule has 0 aromatic carbocycles. The quantitative estimate of drug-likeness (QED) is 0.150. The summed E-state index contributed by atoms with van der Waals surface area (Å²) in [5.41, 5.74) is 5.20. The zero-order chi connectivity index (χ0) is 32.8. The molecule has 6 atom stereocenters. The molecule has 0 aliphatic carbocycles. The molecule has 0 radical (unpaired) electrons. The van der Waals surface area contributed by atoms with Crippen LogP contribution in [0.1, 0.15) is 60.3 Å². The highest BCUT2D eigenvalue weighted by atomic mass is 31.2. The normalized spacial score (nSPS) is 23.1. The number of nitrogens with two attached hydrogens (primary N) is 1. The van der Waals surface area contributed by atoms with Gasteiger partial charge in [-0.1, -0.05) is 0 Å². The van der Waals surface area contributed by atoms with Crippen molar-refractivity contribution < 1.29 is 52.0 Å². The van der Waals surface area contributed by atoms with E-state index in [0.717, 1.165) is 6.92 Å². The van der Waals surface area contributed by atoms with Crippen LogP contribution in [-0.2, 0) is 52.0 Å². The number of esters is 4. The Labute approximate surface area is 254 Å². The van der Waals surface area contributed by atoms with Crippen LogP contribution < -0.4 is 15.9 Å². The second kappa shape index (κ2) is 14.4. The minimum Gasteiger partial charge on any atom is -0.465 e. The van der Waals surface area contributed by atoms with Crippen LogP contribution in [-0.4, -0.2) is 88.2 Å². The molecule has 17 nitrogen and oxygen atoms in total. The fraction of sp³-hybridized carbons (Fsp3) is 0.615. The molecule has 2 aromatic rings. The lowest BCUT2D eigenvalue weighted by molar-refractivity contribution is -0.169. The summed E-state index contributed by atoms with van der Waals surface area (Å²) < 4.78 is 49.0. The van der Waals surface area contributed by atoms with Crippen molar-refractivity contribution in [2.24, 2.45) is 0 Å². The third-order valence-corrected chi connectivity index (χ3v) is 8.48. The van der Waals surface area contributed by atoms with Crippen LogP contribution in [0.15, 0.2) is 18.5 Å². The van der Waals surface area contributed by atoms with Gasteiger partial charge in [0, 0.05) is 13.8 Å². The van der Waals surface area contributed by atoms with Crippen molar-refractivity contribution in [1.29, 1.82) is 0 Å². The summed E-state index contributed by atoms with van der Waals surface area (Å²) in [4.78, 5) is 53.1. The molecule has 2 aromatic heterocycles. The smallest absolute Gasteiger partial charge is 0.342 e. The van der Waals surface area contributed by atoms with Crippen molar-refractivity contribution in [3.8, 4) is 0 Å². The van der Waals surface area contributed by atoms with Gasteiger partial charge in [-0.3, -0.25) is 23.7 Å². The predicted molar refractivity (Wildman–Crippen MR) is 153 cm³/mol. The first-order valence-corrected chi connectivity index (χ1v) is 15.5. The third-order valence-electron chi connectivity index (χ3n) is 6.53. The molecule has 0 unspecified atom stereocenters. The largest absolute Gasteiger partial charge is 0.465 e. The van der Waals surface area contributed by atoms with Crippen LogP contribution in [0.3, 0.4) is 0 Å². The van der Waals surface area contributed by atoms with Crippen LogP contribution in [0.2, 0.25) is 0 Å². The van der Waals surface area contributed by atoms with E-state index in [2.05, 4.69) is 20.3 Å². The lowest BCUT2D eigenvalue weighted by Crippen LogP contribution is -2.49. The van der Waals surface area contributed by atoms with Crippen molar-refractivity contribution in [3.63, 3.8) is 0 Å². The maximum absolute atomic E-state index is 14.1. The summed E-state index contributed by atoms with van der Waals surface area (Å²) in [5, 5.41) is 9.36. The fourth-order valence-electron chi connectivity index (χ4n) is 4.63. The number of carbonyl (C=O) groups excluding carboxylic acids is 4. The predicted octanol–water partition coefficient (Wildman–Crippen LogP) is 1.21. The lowest BCUT2D eigenvalue weighted by atomic mass is 9.96. The Bertz CT molecular complexity index is 1390. The van der Waals surface area contributed by atoms with E-state index in [0.29, 0.717) is 11.2 Å². The second-order valence-electron chi connectivity index (χ2n) is 10.2. The molecular formula is C26H39N6O11P. The number of nitrogen functional groups attached to an aromatic ring is 1. The average Bonchev–Trinajstić information content (AvgIpc) is 3.48. The number of nitrogens with one attached hydrogen (secondary N) is 2. The first-order chi connectivity index (χ1) is 20.6. The molecule has 3 heterocycles. The van der Waals surface area contributed by atoms with Crippen LogP contribution in [0.25, 0.3) is 5.52 Å². The van der Waals surface area contributed by atoms with E-state index >= 15 is 0 Å². The van der Waals surface area contributed by atoms with Crippen molar-refractivity contribution in [2.75, 3.05) is 25.6 Å². The second-order valence-corrected chi connectivity index (χ2v) is 12.1. The van der Waals surface area contributed by atoms with Gasteiger partial charge in [0.25, 0.3) is 0 Å². The Balaban J connectivity index is 2.01. The highest BCUT2D eigenvalue weighted by Crippen LogP contribution is 2.47. The lowest BCUT2D eigenvalue weighted by Gasteiger charge is -2.33. The van der Waals surface area contributed by atoms with Gasteiger partial charge >= 0.3 is 31.5 Å². The zero-order valence-corrected chi connectivity index (χ0v) is 26.5. The molecule has 18 heteroatoms. The first kappa shape index (κ1) is 34.9. The molecule has 0 amide bonds. The van der Waals surface area contributed by atoms with Crippen LogP contribution >= 0.6 is 7.67 Å². The number of nitrogens with zero attached hydrogens (tertiary/aromatic N) is 3. The maximum atomic E-state index is 14.1. The van der Waals surface area contributed by atoms with Gasteiger partial charge in [0.1, 0.15) is 35.6 Å². The molecule has 1 aliphatic rings. The zero-order valence-electron chi connectivity index (χ0n) is 25.6. The van der Waals surface area contributed by atoms with Gasteiger partial charge in [-0.15, -0.1) is 0 Å². The van der Waals surface area contributed by atoms with E-state index in [-0.39, 0.29) is 19.0 Å². The van der Waals surface area contributed by atoms with Gasteiger partial charge in [-0.25, -0.2) is 19.7 Å². The molecule has 3 rings (SSSR count). The minimum atomic E-state index is -4.29. The number of aromatic nitrogens is 3. The summed E-state index contributed by atoms with van der Waals surface area (Å²) in [6.07, 6.45) is -2.34. The van der Waals surface area contributed by atoms with Gasteiger partial charge in [0.15, 0.2) is 18.0 Å². The van der Waals surface area contributed by atoms with E-state index in [9.17, 15) is 23.7 Å². The maximum Gasteiger partial charge on any atom is 0.342 e. The van der Waals surface area contributed by atoms with Crippen LogP contribution in [0, 0.1) is 0 Å². The Kier molecular flexibility index (Phi) is 11.4. The number of fused-ring (bicyclic) bond motifs is 1. The number of anilines is 1. The van der Waals surface area contributed by atoms with Crippen LogP contribution in [0.5, 0.6) is 0 Å². The van der Waals surface area contributed by atoms with E-state index in [4.69, 9.17) is 33.9 Å². The van der Waals surface area contributed by atoms with Gasteiger partial charge < -0.3 is 33.9 Å². The van der Waals surface area contributed by atoms with Gasteiger partial charge in [-0.05, 0) is 46.8 Å². The first-order valence-electron chi connectivity index (χ1n) is 13.9. The van der Waals surface area contributed by atoms with E-state index in [1.54, 1.807) is 26.0 Å². The standard InChI is InChI=1S/C26H39N6O11P/c1-8-38-24(35)14(3)30-44(37,31-15(4)25(36)39-9-2)40-12-26(7)22(42-17(6)34)21(41-16(5)33)20(43-26)18-10-11-19-23(27)28-13-29-32(18)19/h10-11,13-15,20-22H,8-9,12H2,1-7H3,(H2,27,28,29)(H2,30,31,37)/t14-,15-,20-,21-,22-,26+/m0/s1. The fourth-order valence-corrected chi connectivity index (χ4v) is 6.52. The van der Waals surface area contributed by atoms with Gasteiger partial charge in [0.05, 0.1) is 25.5 Å². The highest BCUT2D eigenvalue weighted by molar-refractivity contribution is 7.54. The van der Waals surface area contributed by atoms with Crippen molar-refractivity contribution in [2.45, 2.75) is 84.5 Å². The summed E-state index contributed by atoms with van der Waals surface area (Å²) in [5.74, 6) is -2.68. The Morgan fingerprint density at radius 3 is 2.14 bits per heavy atom. The molecule has 0 saturated carbocycles. The van der Waals surface area contributed by atoms with Crippen molar-refractivity contribution in [3.05, 3.63) is 24.2 Å². The van der Waals surface area contributed by atoms with E-state index in [1.165, 1.54) is 38.5 Å². The van der Waals surface area contributed by atoms with E-state index < -0.39 is 74.2 Å². The molecule has 244 valence electrons. The Morgan fingerprint density at radius 2 is 1.61 bits per heavy atom. The summed E-state index contributed by atoms with van der Waals surface area (Å²) in [7, 11) is -4.29.